The Balaban J connectivity index is 1.96. The first-order chi connectivity index (χ1) is 24.3. The van der Waals surface area contributed by atoms with Crippen LogP contribution in [0.5, 0.6) is 0 Å². The Bertz CT molecular complexity index is 1800. The van der Waals surface area contributed by atoms with Crippen LogP contribution >= 0.6 is 0 Å². The van der Waals surface area contributed by atoms with Gasteiger partial charge < -0.3 is 0 Å². The predicted molar refractivity (Wildman–Crippen MR) is 228 cm³/mol. The molecule has 0 aliphatic rings. The zero-order chi connectivity index (χ0) is 37.0. The fourth-order valence-corrected chi connectivity index (χ4v) is 11.6. The van der Waals surface area contributed by atoms with Crippen LogP contribution in [0.4, 0.5) is 0 Å². The van der Waals surface area contributed by atoms with Crippen molar-refractivity contribution in [3.63, 3.8) is 0 Å². The molecule has 51 heavy (non-hydrogen) atoms. The Morgan fingerprint density at radius 3 is 1.16 bits per heavy atom. The number of benzene rings is 5. The molecule has 0 fully saturated rings. The van der Waals surface area contributed by atoms with E-state index in [2.05, 4.69) is 192 Å². The van der Waals surface area contributed by atoms with Gasteiger partial charge in [0.1, 0.15) is 0 Å². The second-order valence-corrected chi connectivity index (χ2v) is 19.9. The number of hydrogen-bond donors (Lipinski definition) is 0. The topological polar surface area (TPSA) is 0 Å². The molecule has 0 saturated carbocycles. The first-order valence-electron chi connectivity index (χ1n) is 19.4. The van der Waals surface area contributed by atoms with Gasteiger partial charge in [-0.3, -0.25) is 0 Å². The van der Waals surface area contributed by atoms with Crippen LogP contribution in [0.2, 0.25) is 0 Å². The molecule has 0 N–H and O–H groups in total. The van der Waals surface area contributed by atoms with Crippen molar-refractivity contribution in [2.75, 3.05) is 0 Å². The number of rotatable bonds is 12. The van der Waals surface area contributed by atoms with Crippen LogP contribution in [-0.2, 0) is 0 Å². The van der Waals surface area contributed by atoms with Gasteiger partial charge in [-0.15, -0.1) is 0 Å². The third-order valence-corrected chi connectivity index (χ3v) is 14.6. The van der Waals surface area contributed by atoms with Gasteiger partial charge in [0.25, 0.3) is 0 Å². The summed E-state index contributed by atoms with van der Waals surface area (Å²) in [6.07, 6.45) is 2.49. The molecule has 0 spiro atoms. The minimum absolute atomic E-state index is 0.411. The van der Waals surface area contributed by atoms with Gasteiger partial charge in [0.05, 0.1) is 0 Å². The van der Waals surface area contributed by atoms with E-state index in [1.54, 1.807) is 3.58 Å². The van der Waals surface area contributed by atoms with Gasteiger partial charge in [-0.25, -0.2) is 0 Å². The molecule has 0 unspecified atom stereocenters. The third kappa shape index (κ3) is 8.82. The molecule has 5 aromatic carbocycles. The summed E-state index contributed by atoms with van der Waals surface area (Å²) in [6, 6.07) is 39.6. The zero-order valence-corrected chi connectivity index (χ0v) is 36.2. The molecule has 0 nitrogen and oxygen atoms in total. The Labute approximate surface area is 321 Å². The fraction of sp³-hybridized carbons (Fsp3) is 0.360. The molecule has 0 atom stereocenters. The van der Waals surface area contributed by atoms with E-state index >= 15 is 0 Å². The van der Waals surface area contributed by atoms with E-state index in [-0.39, 0.29) is 0 Å². The predicted octanol–water partition coefficient (Wildman–Crippen LogP) is 14.3. The van der Waals surface area contributed by atoms with E-state index < -0.39 is 21.1 Å². The SMILES string of the molecule is CC(C)c1cc(C(C)C)c(-c2cccc(-c3c(C(C)C)cc(C(C)C)cc3C(C)C)[c]2[Sn]/[C](=C/c2ccccc2)c2ccccc2)c(C(C)C)c1. The molecule has 0 saturated heterocycles. The summed E-state index contributed by atoms with van der Waals surface area (Å²) in [7, 11) is 0. The van der Waals surface area contributed by atoms with E-state index in [0.717, 1.165) is 0 Å². The van der Waals surface area contributed by atoms with E-state index in [4.69, 9.17) is 0 Å². The summed E-state index contributed by atoms with van der Waals surface area (Å²) in [5.74, 6) is 2.61. The van der Waals surface area contributed by atoms with Crippen molar-refractivity contribution in [2.45, 2.75) is 119 Å². The molecule has 0 amide bonds. The van der Waals surface area contributed by atoms with Gasteiger partial charge >= 0.3 is 323 Å². The maximum absolute atomic E-state index is 2.53. The molecular formula is C50H60Sn. The molecule has 0 aliphatic carbocycles. The van der Waals surface area contributed by atoms with Gasteiger partial charge in [0.2, 0.25) is 0 Å². The van der Waals surface area contributed by atoms with Gasteiger partial charge in [0, 0.05) is 0 Å². The first-order valence-corrected chi connectivity index (χ1v) is 22.2. The Morgan fingerprint density at radius 1 is 0.431 bits per heavy atom. The average molecular weight is 780 g/mol. The van der Waals surface area contributed by atoms with Crippen LogP contribution in [0.15, 0.2) is 103 Å². The van der Waals surface area contributed by atoms with Crippen molar-refractivity contribution in [2.24, 2.45) is 0 Å². The molecule has 1 heteroatoms. The molecule has 5 aromatic rings. The molecule has 0 aromatic heterocycles. The van der Waals surface area contributed by atoms with Crippen LogP contribution in [0.1, 0.15) is 163 Å². The van der Waals surface area contributed by atoms with Crippen molar-refractivity contribution in [1.29, 1.82) is 0 Å². The van der Waals surface area contributed by atoms with Gasteiger partial charge in [0.15, 0.2) is 0 Å². The maximum atomic E-state index is 2.53. The van der Waals surface area contributed by atoms with Crippen LogP contribution in [0.25, 0.3) is 31.9 Å². The Hall–Kier alpha value is -3.36. The number of hydrogen-bond acceptors (Lipinski definition) is 0. The fourth-order valence-electron chi connectivity index (χ4n) is 7.30. The standard InChI is InChI=1S/C36H49.C14H11.Sn/c1-21(2)29-17-31(23(5)6)35(32(18-29)24(7)8)27-14-13-15-28(16-27)36-33(25(9)10)19-30(22(3)4)20-34(36)26(11)12;1-3-7-13(8-4-1)11-12-14-9-5-2-6-10-14;/h13-15,17-26H,1-12H3;1-11H;. The Kier molecular flexibility index (Phi) is 12.9. The van der Waals surface area contributed by atoms with Crippen molar-refractivity contribution < 1.29 is 0 Å². The van der Waals surface area contributed by atoms with Crippen molar-refractivity contribution in [3.8, 4) is 22.3 Å². The van der Waals surface area contributed by atoms with Crippen molar-refractivity contribution in [1.82, 2.24) is 0 Å². The van der Waals surface area contributed by atoms with Gasteiger partial charge in [-0.05, 0) is 0 Å². The van der Waals surface area contributed by atoms with E-state index in [9.17, 15) is 0 Å². The van der Waals surface area contributed by atoms with Crippen LogP contribution < -0.4 is 3.58 Å². The van der Waals surface area contributed by atoms with Crippen LogP contribution in [0, 0.1) is 0 Å². The van der Waals surface area contributed by atoms with Gasteiger partial charge in [-0.2, -0.15) is 0 Å². The zero-order valence-electron chi connectivity index (χ0n) is 33.4. The summed E-state index contributed by atoms with van der Waals surface area (Å²) < 4.78 is 3.10. The molecular weight excluding hydrogens is 719 g/mol. The minimum atomic E-state index is -1.45. The Morgan fingerprint density at radius 2 is 0.804 bits per heavy atom. The molecule has 5 rings (SSSR count). The van der Waals surface area contributed by atoms with E-state index in [1.807, 2.05) is 0 Å². The second kappa shape index (κ2) is 17.0. The molecule has 264 valence electrons. The third-order valence-electron chi connectivity index (χ3n) is 10.3. The van der Waals surface area contributed by atoms with Crippen LogP contribution in [-0.4, -0.2) is 21.1 Å². The summed E-state index contributed by atoms with van der Waals surface area (Å²) >= 11 is -1.45. The first kappa shape index (κ1) is 38.9. The average Bonchev–Trinajstić information content (AvgIpc) is 3.10. The summed E-state index contributed by atoms with van der Waals surface area (Å²) in [6.45, 7) is 28.5. The van der Waals surface area contributed by atoms with Crippen molar-refractivity contribution in [3.05, 3.63) is 148 Å². The second-order valence-electron chi connectivity index (χ2n) is 16.3. The molecule has 0 aliphatic heterocycles. The van der Waals surface area contributed by atoms with Crippen molar-refractivity contribution >= 4 is 34.4 Å². The molecule has 0 heterocycles. The molecule has 2 radical (unpaired) electrons. The monoisotopic (exact) mass is 780 g/mol. The normalized spacial score (nSPS) is 12.4. The quantitative estimate of drug-likeness (QED) is 0.0874. The summed E-state index contributed by atoms with van der Waals surface area (Å²) in [5.41, 5.74) is 17.3. The van der Waals surface area contributed by atoms with Gasteiger partial charge in [-0.1, -0.05) is 0 Å². The summed E-state index contributed by atoms with van der Waals surface area (Å²) in [5, 5.41) is 0. The van der Waals surface area contributed by atoms with E-state index in [0.29, 0.717) is 35.5 Å². The van der Waals surface area contributed by atoms with E-state index in [1.165, 1.54) is 70.4 Å². The summed E-state index contributed by atoms with van der Waals surface area (Å²) in [4.78, 5) is 0. The van der Waals surface area contributed by atoms with Crippen LogP contribution in [0.3, 0.4) is 0 Å². The molecule has 0 bridgehead atoms.